The van der Waals surface area contributed by atoms with Gasteiger partial charge >= 0.3 is 0 Å². The van der Waals surface area contributed by atoms with E-state index in [2.05, 4.69) is 26.0 Å². The van der Waals surface area contributed by atoms with Crippen molar-refractivity contribution in [2.24, 2.45) is 5.92 Å². The molecule has 0 aliphatic heterocycles. The predicted octanol–water partition coefficient (Wildman–Crippen LogP) is 2.75. The van der Waals surface area contributed by atoms with E-state index in [9.17, 15) is 0 Å². The summed E-state index contributed by atoms with van der Waals surface area (Å²) in [4.78, 5) is 0. The van der Waals surface area contributed by atoms with Crippen molar-refractivity contribution < 1.29 is 5.11 Å². The molecule has 0 rings (SSSR count). The lowest BCUT2D eigenvalue weighted by Crippen LogP contribution is -1.90. The second-order valence-corrected chi connectivity index (χ2v) is 3.08. The van der Waals surface area contributed by atoms with E-state index in [1.54, 1.807) is 0 Å². The molecule has 0 fully saturated rings. The van der Waals surface area contributed by atoms with E-state index < -0.39 is 0 Å². The number of allylic oxidation sites excluding steroid dienone is 2. The van der Waals surface area contributed by atoms with Gasteiger partial charge in [-0.1, -0.05) is 31.9 Å². The maximum absolute atomic E-state index is 8.52. The van der Waals surface area contributed by atoms with Gasteiger partial charge in [-0.2, -0.15) is 0 Å². The standard InChI is InChI=1S/C10H20O/c1-3-7-10(2)8-5-4-6-9-11/h3,7,10-11H,4-6,8-9H2,1-2H3/b7-3+. The summed E-state index contributed by atoms with van der Waals surface area (Å²) >= 11 is 0. The van der Waals surface area contributed by atoms with Gasteiger partial charge in [0.05, 0.1) is 0 Å². The molecule has 0 aliphatic rings. The lowest BCUT2D eigenvalue weighted by atomic mass is 10.0. The number of unbranched alkanes of at least 4 members (excludes halogenated alkanes) is 2. The fourth-order valence-corrected chi connectivity index (χ4v) is 1.18. The van der Waals surface area contributed by atoms with E-state index in [-0.39, 0.29) is 0 Å². The Morgan fingerprint density at radius 2 is 2.00 bits per heavy atom. The van der Waals surface area contributed by atoms with E-state index in [0.29, 0.717) is 12.5 Å². The van der Waals surface area contributed by atoms with Gasteiger partial charge in [0.15, 0.2) is 0 Å². The van der Waals surface area contributed by atoms with Gasteiger partial charge in [-0.05, 0) is 25.7 Å². The highest BCUT2D eigenvalue weighted by atomic mass is 16.2. The number of aliphatic hydroxyl groups is 1. The Morgan fingerprint density at radius 3 is 2.55 bits per heavy atom. The highest BCUT2D eigenvalue weighted by molar-refractivity contribution is 4.82. The van der Waals surface area contributed by atoms with Crippen LogP contribution in [0.1, 0.15) is 39.5 Å². The smallest absolute Gasteiger partial charge is 0.0431 e. The number of hydrogen-bond acceptors (Lipinski definition) is 1. The molecule has 0 bridgehead atoms. The molecule has 0 aromatic rings. The van der Waals surface area contributed by atoms with Gasteiger partial charge in [0.25, 0.3) is 0 Å². The van der Waals surface area contributed by atoms with Crippen LogP contribution in [0.5, 0.6) is 0 Å². The van der Waals surface area contributed by atoms with E-state index in [0.717, 1.165) is 6.42 Å². The minimum absolute atomic E-state index is 0.345. The van der Waals surface area contributed by atoms with Gasteiger partial charge in [-0.15, -0.1) is 0 Å². The van der Waals surface area contributed by atoms with Crippen molar-refractivity contribution in [2.45, 2.75) is 39.5 Å². The monoisotopic (exact) mass is 156 g/mol. The first-order valence-corrected chi connectivity index (χ1v) is 4.55. The van der Waals surface area contributed by atoms with Crippen LogP contribution in [0.15, 0.2) is 12.2 Å². The molecular weight excluding hydrogens is 136 g/mol. The Hall–Kier alpha value is -0.300. The van der Waals surface area contributed by atoms with Crippen molar-refractivity contribution in [3.8, 4) is 0 Å². The van der Waals surface area contributed by atoms with Crippen molar-refractivity contribution in [3.05, 3.63) is 12.2 Å². The third-order valence-electron chi connectivity index (χ3n) is 1.84. The van der Waals surface area contributed by atoms with Crippen molar-refractivity contribution in [1.82, 2.24) is 0 Å². The SMILES string of the molecule is C/C=C/C(C)CCCCCO. The number of rotatable bonds is 6. The van der Waals surface area contributed by atoms with Gasteiger partial charge in [0.2, 0.25) is 0 Å². The molecule has 1 heteroatoms. The van der Waals surface area contributed by atoms with Crippen molar-refractivity contribution in [3.63, 3.8) is 0 Å². The molecule has 0 saturated carbocycles. The predicted molar refractivity (Wildman–Crippen MR) is 49.5 cm³/mol. The van der Waals surface area contributed by atoms with E-state index in [4.69, 9.17) is 5.11 Å². The zero-order valence-corrected chi connectivity index (χ0v) is 7.71. The molecule has 0 radical (unpaired) electrons. The molecule has 66 valence electrons. The summed E-state index contributed by atoms with van der Waals surface area (Å²) < 4.78 is 0. The molecule has 0 heterocycles. The van der Waals surface area contributed by atoms with Gasteiger partial charge in [-0.25, -0.2) is 0 Å². The second-order valence-electron chi connectivity index (χ2n) is 3.08. The molecule has 0 aromatic heterocycles. The van der Waals surface area contributed by atoms with E-state index in [1.807, 2.05) is 0 Å². The quantitative estimate of drug-likeness (QED) is 0.463. The van der Waals surface area contributed by atoms with Crippen molar-refractivity contribution >= 4 is 0 Å². The fraction of sp³-hybridized carbons (Fsp3) is 0.800. The maximum atomic E-state index is 8.52. The summed E-state index contributed by atoms with van der Waals surface area (Å²) in [5.74, 6) is 0.707. The van der Waals surface area contributed by atoms with Gasteiger partial charge in [-0.3, -0.25) is 0 Å². The second kappa shape index (κ2) is 7.80. The van der Waals surface area contributed by atoms with Crippen LogP contribution in [0, 0.1) is 5.92 Å². The molecule has 0 spiro atoms. The Labute approximate surface area is 70.1 Å². The Bertz CT molecular complexity index is 97.0. The molecule has 0 aromatic carbocycles. The summed E-state index contributed by atoms with van der Waals surface area (Å²) in [6, 6.07) is 0. The summed E-state index contributed by atoms with van der Waals surface area (Å²) in [7, 11) is 0. The summed E-state index contributed by atoms with van der Waals surface area (Å²) in [5.41, 5.74) is 0. The largest absolute Gasteiger partial charge is 0.396 e. The Balaban J connectivity index is 3.10. The van der Waals surface area contributed by atoms with Crippen LogP contribution in [0.3, 0.4) is 0 Å². The minimum atomic E-state index is 0.345. The summed E-state index contributed by atoms with van der Waals surface area (Å²) in [5, 5.41) is 8.52. The van der Waals surface area contributed by atoms with Gasteiger partial charge in [0, 0.05) is 6.61 Å². The average Bonchev–Trinajstić information content (AvgIpc) is 1.99. The van der Waals surface area contributed by atoms with Crippen LogP contribution in [0.2, 0.25) is 0 Å². The zero-order chi connectivity index (χ0) is 8.53. The van der Waals surface area contributed by atoms with Gasteiger partial charge < -0.3 is 5.11 Å². The fourth-order valence-electron chi connectivity index (χ4n) is 1.18. The van der Waals surface area contributed by atoms with Crippen molar-refractivity contribution in [1.29, 1.82) is 0 Å². The molecule has 1 nitrogen and oxygen atoms in total. The van der Waals surface area contributed by atoms with E-state index in [1.165, 1.54) is 19.3 Å². The number of hydrogen-bond donors (Lipinski definition) is 1. The topological polar surface area (TPSA) is 20.2 Å². The lowest BCUT2D eigenvalue weighted by Gasteiger charge is -2.04. The van der Waals surface area contributed by atoms with E-state index >= 15 is 0 Å². The normalized spacial score (nSPS) is 14.1. The van der Waals surface area contributed by atoms with Crippen molar-refractivity contribution in [2.75, 3.05) is 6.61 Å². The first kappa shape index (κ1) is 10.7. The first-order chi connectivity index (χ1) is 5.31. The summed E-state index contributed by atoms with van der Waals surface area (Å²) in [6.45, 7) is 4.64. The molecule has 0 saturated heterocycles. The Morgan fingerprint density at radius 1 is 1.27 bits per heavy atom. The molecule has 1 atom stereocenters. The van der Waals surface area contributed by atoms with Crippen LogP contribution in [0.4, 0.5) is 0 Å². The molecule has 0 amide bonds. The maximum Gasteiger partial charge on any atom is 0.0431 e. The first-order valence-electron chi connectivity index (χ1n) is 4.55. The third kappa shape index (κ3) is 7.60. The molecule has 11 heavy (non-hydrogen) atoms. The summed E-state index contributed by atoms with van der Waals surface area (Å²) in [6.07, 6.45) is 8.97. The molecule has 1 N–H and O–H groups in total. The zero-order valence-electron chi connectivity index (χ0n) is 7.71. The van der Waals surface area contributed by atoms with Crippen LogP contribution in [-0.4, -0.2) is 11.7 Å². The Kier molecular flexibility index (Phi) is 7.59. The molecular formula is C10H20O. The van der Waals surface area contributed by atoms with Crippen LogP contribution >= 0.6 is 0 Å². The minimum Gasteiger partial charge on any atom is -0.396 e. The highest BCUT2D eigenvalue weighted by Crippen LogP contribution is 2.09. The van der Waals surface area contributed by atoms with Crippen LogP contribution < -0.4 is 0 Å². The van der Waals surface area contributed by atoms with Gasteiger partial charge in [0.1, 0.15) is 0 Å². The molecule has 1 unspecified atom stereocenters. The average molecular weight is 156 g/mol. The van der Waals surface area contributed by atoms with Crippen LogP contribution in [0.25, 0.3) is 0 Å². The third-order valence-corrected chi connectivity index (χ3v) is 1.84. The van der Waals surface area contributed by atoms with Crippen LogP contribution in [-0.2, 0) is 0 Å². The molecule has 0 aliphatic carbocycles. The number of aliphatic hydroxyl groups excluding tert-OH is 1. The highest BCUT2D eigenvalue weighted by Gasteiger charge is 1.95. The lowest BCUT2D eigenvalue weighted by molar-refractivity contribution is 0.281.